The molecule has 0 saturated carbocycles. The van der Waals surface area contributed by atoms with Crippen LogP contribution in [0.3, 0.4) is 0 Å². The maximum absolute atomic E-state index is 14.1. The molecular weight excluding hydrogens is 445 g/mol. The number of rotatable bonds is 6. The fourth-order valence-corrected chi connectivity index (χ4v) is 4.71. The van der Waals surface area contributed by atoms with Gasteiger partial charge in [-0.3, -0.25) is 4.79 Å². The molecule has 33 heavy (non-hydrogen) atoms. The van der Waals surface area contributed by atoms with Gasteiger partial charge in [-0.15, -0.1) is 12.4 Å². The highest BCUT2D eigenvalue weighted by atomic mass is 35.5. The molecule has 0 radical (unpaired) electrons. The highest BCUT2D eigenvalue weighted by Gasteiger charge is 2.45. The molecule has 3 heterocycles. The zero-order valence-electron chi connectivity index (χ0n) is 19.7. The molecule has 180 valence electrons. The van der Waals surface area contributed by atoms with E-state index in [1.54, 1.807) is 11.1 Å². The number of halogens is 2. The first-order valence-corrected chi connectivity index (χ1v) is 11.4. The number of aryl methyl sites for hydroxylation is 1. The molecule has 2 saturated heterocycles. The molecular formula is C24H33ClFN5O2. The highest BCUT2D eigenvalue weighted by molar-refractivity contribution is 5.97. The smallest absolute Gasteiger partial charge is 0.257 e. The largest absolute Gasteiger partial charge is 0.451 e. The summed E-state index contributed by atoms with van der Waals surface area (Å²) in [4.78, 5) is 26.0. The molecule has 2 aliphatic heterocycles. The van der Waals surface area contributed by atoms with Gasteiger partial charge in [-0.05, 0) is 71.8 Å². The molecule has 1 aromatic carbocycles. The molecule has 1 N–H and O–H groups in total. The second-order valence-corrected chi connectivity index (χ2v) is 9.14. The van der Waals surface area contributed by atoms with Gasteiger partial charge in [0.1, 0.15) is 17.4 Å². The Bertz CT molecular complexity index is 989. The zero-order valence-corrected chi connectivity index (χ0v) is 20.5. The molecule has 4 rings (SSSR count). The van der Waals surface area contributed by atoms with E-state index in [1.807, 2.05) is 27.7 Å². The molecule has 2 aliphatic rings. The number of piperidine rings is 1. The van der Waals surface area contributed by atoms with Crippen LogP contribution in [0, 0.1) is 18.2 Å². The number of nitrogens with one attached hydrogen (secondary N) is 1. The van der Waals surface area contributed by atoms with Crippen LogP contribution in [0.4, 0.5) is 10.2 Å². The van der Waals surface area contributed by atoms with Gasteiger partial charge in [0.15, 0.2) is 11.6 Å². The third kappa shape index (κ3) is 5.22. The van der Waals surface area contributed by atoms with E-state index in [9.17, 15) is 9.18 Å². The quantitative estimate of drug-likeness (QED) is 0.672. The Hall–Kier alpha value is -2.45. The summed E-state index contributed by atoms with van der Waals surface area (Å²) in [6, 6.07) is 4.04. The van der Waals surface area contributed by atoms with Gasteiger partial charge in [0.2, 0.25) is 0 Å². The van der Waals surface area contributed by atoms with Gasteiger partial charge >= 0.3 is 0 Å². The van der Waals surface area contributed by atoms with Crippen molar-refractivity contribution in [3.8, 4) is 11.5 Å². The van der Waals surface area contributed by atoms with Crippen LogP contribution in [-0.2, 0) is 0 Å². The third-order valence-corrected chi connectivity index (χ3v) is 6.49. The van der Waals surface area contributed by atoms with Crippen molar-refractivity contribution >= 4 is 24.1 Å². The first-order valence-electron chi connectivity index (χ1n) is 11.4. The van der Waals surface area contributed by atoms with Gasteiger partial charge in [0.25, 0.3) is 5.91 Å². The number of ether oxygens (including phenoxy) is 1. The van der Waals surface area contributed by atoms with Gasteiger partial charge in [0.05, 0.1) is 11.8 Å². The van der Waals surface area contributed by atoms with Crippen molar-refractivity contribution in [3.05, 3.63) is 41.6 Å². The Morgan fingerprint density at radius 3 is 2.61 bits per heavy atom. The number of carbonyl (C=O) groups excluding carboxylic acids is 1. The predicted molar refractivity (Wildman–Crippen MR) is 129 cm³/mol. The van der Waals surface area contributed by atoms with Gasteiger partial charge in [-0.25, -0.2) is 14.4 Å². The monoisotopic (exact) mass is 477 g/mol. The van der Waals surface area contributed by atoms with Crippen LogP contribution in [0.15, 0.2) is 24.4 Å². The molecule has 7 nitrogen and oxygen atoms in total. The minimum absolute atomic E-state index is 0. The summed E-state index contributed by atoms with van der Waals surface area (Å²) >= 11 is 0. The van der Waals surface area contributed by atoms with Crippen LogP contribution < -0.4 is 15.0 Å². The topological polar surface area (TPSA) is 70.6 Å². The first-order chi connectivity index (χ1) is 15.3. The molecule has 0 bridgehead atoms. The van der Waals surface area contributed by atoms with Crippen molar-refractivity contribution in [2.75, 3.05) is 37.6 Å². The number of amides is 1. The van der Waals surface area contributed by atoms with E-state index in [-0.39, 0.29) is 29.9 Å². The molecule has 1 amide bonds. The van der Waals surface area contributed by atoms with Crippen molar-refractivity contribution in [1.29, 1.82) is 0 Å². The van der Waals surface area contributed by atoms with E-state index < -0.39 is 5.82 Å². The van der Waals surface area contributed by atoms with Crippen LogP contribution in [-0.4, -0.2) is 59.5 Å². The normalized spacial score (nSPS) is 16.8. The van der Waals surface area contributed by atoms with Crippen molar-refractivity contribution < 1.29 is 13.9 Å². The number of carbonyl (C=O) groups is 1. The highest BCUT2D eigenvalue weighted by Crippen LogP contribution is 2.44. The summed E-state index contributed by atoms with van der Waals surface area (Å²) in [7, 11) is 0. The van der Waals surface area contributed by atoms with Gasteiger partial charge in [-0.1, -0.05) is 0 Å². The lowest BCUT2D eigenvalue weighted by atomic mass is 9.72. The SMILES string of the molecule is CCN(C(=O)c1cc(F)ccc1Oc1cnc(C)nc1N1CC2(CCNCC2)C1)C(C)C.Cl. The second kappa shape index (κ2) is 10.2. The summed E-state index contributed by atoms with van der Waals surface area (Å²) in [5, 5.41) is 3.42. The van der Waals surface area contributed by atoms with Crippen molar-refractivity contribution in [2.45, 2.75) is 46.6 Å². The third-order valence-electron chi connectivity index (χ3n) is 6.49. The van der Waals surface area contributed by atoms with E-state index in [1.165, 1.54) is 18.2 Å². The second-order valence-electron chi connectivity index (χ2n) is 9.14. The Labute approximate surface area is 201 Å². The Kier molecular flexibility index (Phi) is 7.80. The van der Waals surface area contributed by atoms with E-state index in [0.29, 0.717) is 29.3 Å². The summed E-state index contributed by atoms with van der Waals surface area (Å²) in [6.45, 7) is 12.1. The number of benzene rings is 1. The lowest BCUT2D eigenvalue weighted by Gasteiger charge is -2.53. The average Bonchev–Trinajstić information content (AvgIpc) is 2.75. The fourth-order valence-electron chi connectivity index (χ4n) is 4.71. The van der Waals surface area contributed by atoms with Crippen molar-refractivity contribution in [2.24, 2.45) is 5.41 Å². The number of anilines is 1. The predicted octanol–water partition coefficient (Wildman–Crippen LogP) is 4.20. The summed E-state index contributed by atoms with van der Waals surface area (Å²) in [5.41, 5.74) is 0.530. The van der Waals surface area contributed by atoms with Crippen LogP contribution in [0.25, 0.3) is 0 Å². The fraction of sp³-hybridized carbons (Fsp3) is 0.542. The minimum Gasteiger partial charge on any atom is -0.451 e. The van der Waals surface area contributed by atoms with E-state index in [0.717, 1.165) is 44.8 Å². The number of hydrogen-bond acceptors (Lipinski definition) is 6. The molecule has 1 spiro atoms. The maximum atomic E-state index is 14.1. The molecule has 9 heteroatoms. The lowest BCUT2D eigenvalue weighted by molar-refractivity contribution is 0.0713. The van der Waals surface area contributed by atoms with Crippen molar-refractivity contribution in [1.82, 2.24) is 20.2 Å². The van der Waals surface area contributed by atoms with E-state index in [2.05, 4.69) is 20.2 Å². The number of aromatic nitrogens is 2. The Balaban J connectivity index is 0.00000306. The maximum Gasteiger partial charge on any atom is 0.257 e. The number of nitrogens with zero attached hydrogens (tertiary/aromatic N) is 4. The molecule has 1 aromatic heterocycles. The standard InChI is InChI=1S/C24H32FN5O2.ClH/c1-5-30(16(2)3)23(31)19-12-18(25)6-7-20(19)32-21-13-27-17(4)28-22(21)29-14-24(15-29)8-10-26-11-9-24;/h6-7,12-13,16,26H,5,8-11,14-15H2,1-4H3;1H. The summed E-state index contributed by atoms with van der Waals surface area (Å²) in [5.74, 6) is 1.43. The van der Waals surface area contributed by atoms with Gasteiger partial charge in [-0.2, -0.15) is 0 Å². The average molecular weight is 478 g/mol. The summed E-state index contributed by atoms with van der Waals surface area (Å²) in [6.07, 6.45) is 3.95. The first kappa shape index (κ1) is 25.2. The van der Waals surface area contributed by atoms with Crippen LogP contribution in [0.5, 0.6) is 11.5 Å². The minimum atomic E-state index is -0.475. The number of hydrogen-bond donors (Lipinski definition) is 1. The van der Waals surface area contributed by atoms with Gasteiger partial charge < -0.3 is 19.9 Å². The van der Waals surface area contributed by atoms with E-state index >= 15 is 0 Å². The van der Waals surface area contributed by atoms with Crippen molar-refractivity contribution in [3.63, 3.8) is 0 Å². The Morgan fingerprint density at radius 1 is 1.27 bits per heavy atom. The van der Waals surface area contributed by atoms with E-state index in [4.69, 9.17) is 4.74 Å². The van der Waals surface area contributed by atoms with Gasteiger partial charge in [0, 0.05) is 31.1 Å². The van der Waals surface area contributed by atoms with Crippen LogP contribution in [0.1, 0.15) is 49.8 Å². The molecule has 2 fully saturated rings. The lowest BCUT2D eigenvalue weighted by Crippen LogP contribution is -2.60. The molecule has 0 atom stereocenters. The molecule has 0 unspecified atom stereocenters. The zero-order chi connectivity index (χ0) is 22.9. The molecule has 0 aliphatic carbocycles. The molecule has 2 aromatic rings. The summed E-state index contributed by atoms with van der Waals surface area (Å²) < 4.78 is 20.3. The van der Waals surface area contributed by atoms with Crippen LogP contribution >= 0.6 is 12.4 Å². The Morgan fingerprint density at radius 2 is 1.97 bits per heavy atom. The van der Waals surface area contributed by atoms with Crippen LogP contribution in [0.2, 0.25) is 0 Å².